The summed E-state index contributed by atoms with van der Waals surface area (Å²) in [6.07, 6.45) is -2.17. The molecule has 0 aromatic carbocycles. The van der Waals surface area contributed by atoms with E-state index >= 15 is 0 Å². The summed E-state index contributed by atoms with van der Waals surface area (Å²) >= 11 is 0. The number of fused-ring (bicyclic) bond motifs is 1. The van der Waals surface area contributed by atoms with Gasteiger partial charge in [0.1, 0.15) is 0 Å². The van der Waals surface area contributed by atoms with Crippen molar-refractivity contribution in [1.82, 2.24) is 15.1 Å². The maximum absolute atomic E-state index is 12.9. The van der Waals surface area contributed by atoms with Gasteiger partial charge >= 0.3 is 6.18 Å². The molecule has 0 radical (unpaired) electrons. The second kappa shape index (κ2) is 6.51. The summed E-state index contributed by atoms with van der Waals surface area (Å²) < 4.78 is 38.7. The minimum atomic E-state index is -4.53. The summed E-state index contributed by atoms with van der Waals surface area (Å²) in [4.78, 5) is 13.8. The van der Waals surface area contributed by atoms with E-state index in [1.54, 1.807) is 0 Å². The number of nitrogens with one attached hydrogen (secondary N) is 1. The van der Waals surface area contributed by atoms with E-state index in [2.05, 4.69) is 16.8 Å². The highest BCUT2D eigenvalue weighted by Gasteiger charge is 2.40. The first-order valence-electron chi connectivity index (χ1n) is 7.02. The van der Waals surface area contributed by atoms with Crippen molar-refractivity contribution in [2.45, 2.75) is 25.4 Å². The number of rotatable bonds is 5. The van der Waals surface area contributed by atoms with Crippen LogP contribution in [0.2, 0.25) is 0 Å². The molecule has 1 aromatic heterocycles. The summed E-state index contributed by atoms with van der Waals surface area (Å²) in [6.45, 7) is 3.76. The molecule has 0 saturated carbocycles. The van der Waals surface area contributed by atoms with Crippen molar-refractivity contribution in [3.8, 4) is 0 Å². The Morgan fingerprint density at radius 3 is 2.86 bits per heavy atom. The van der Waals surface area contributed by atoms with Crippen LogP contribution in [0.1, 0.15) is 23.4 Å². The third kappa shape index (κ3) is 3.32. The average molecular weight is 317 g/mol. The molecule has 0 saturated heterocycles. The van der Waals surface area contributed by atoms with Gasteiger partial charge in [0, 0.05) is 30.3 Å². The molecule has 8 heteroatoms. The Bertz CT molecular complexity index is 554. The smallest absolute Gasteiger partial charge is 0.395 e. The maximum atomic E-state index is 12.9. The molecule has 122 valence electrons. The van der Waals surface area contributed by atoms with E-state index in [-0.39, 0.29) is 37.6 Å². The third-order valence-electron chi connectivity index (χ3n) is 3.79. The Morgan fingerprint density at radius 2 is 2.27 bits per heavy atom. The lowest BCUT2D eigenvalue weighted by molar-refractivity contribution is -0.143. The number of carbonyl (C=O) groups excluding carboxylic acids is 1. The largest absolute Gasteiger partial charge is 0.435 e. The van der Waals surface area contributed by atoms with Crippen molar-refractivity contribution >= 4 is 5.91 Å². The van der Waals surface area contributed by atoms with Gasteiger partial charge in [-0.15, -0.1) is 6.58 Å². The number of carbonyl (C=O) groups is 1. The van der Waals surface area contributed by atoms with Gasteiger partial charge in [0.15, 0.2) is 5.69 Å². The van der Waals surface area contributed by atoms with Gasteiger partial charge < -0.3 is 10.0 Å². The summed E-state index contributed by atoms with van der Waals surface area (Å²) in [5, 5.41) is 14.8. The summed E-state index contributed by atoms with van der Waals surface area (Å²) in [5.41, 5.74) is -0.397. The second-order valence-corrected chi connectivity index (χ2v) is 5.26. The molecule has 1 atom stereocenters. The fourth-order valence-electron chi connectivity index (χ4n) is 2.77. The number of amides is 1. The normalized spacial score (nSPS) is 17.9. The number of H-pyrrole nitrogens is 1. The molecule has 1 amide bonds. The van der Waals surface area contributed by atoms with E-state index in [1.807, 2.05) is 0 Å². The Balaban J connectivity index is 2.18. The first-order valence-corrected chi connectivity index (χ1v) is 7.02. The monoisotopic (exact) mass is 317 g/mol. The molecule has 2 rings (SSSR count). The zero-order chi connectivity index (χ0) is 16.3. The first kappa shape index (κ1) is 16.5. The molecule has 5 nitrogen and oxygen atoms in total. The molecule has 0 spiro atoms. The van der Waals surface area contributed by atoms with E-state index in [4.69, 9.17) is 5.11 Å². The third-order valence-corrected chi connectivity index (χ3v) is 3.79. The van der Waals surface area contributed by atoms with E-state index in [1.165, 1.54) is 11.0 Å². The Labute approximate surface area is 125 Å². The van der Waals surface area contributed by atoms with Crippen LogP contribution < -0.4 is 0 Å². The number of aryl methyl sites for hydroxylation is 1. The highest BCUT2D eigenvalue weighted by atomic mass is 19.4. The number of hydrogen-bond acceptors (Lipinski definition) is 3. The van der Waals surface area contributed by atoms with Crippen molar-refractivity contribution in [3.63, 3.8) is 0 Å². The minimum Gasteiger partial charge on any atom is -0.395 e. The Morgan fingerprint density at radius 1 is 1.55 bits per heavy atom. The zero-order valence-corrected chi connectivity index (χ0v) is 12.0. The van der Waals surface area contributed by atoms with Crippen LogP contribution >= 0.6 is 0 Å². The van der Waals surface area contributed by atoms with E-state index in [0.29, 0.717) is 18.5 Å². The number of nitrogens with zero attached hydrogens (tertiary/aromatic N) is 2. The van der Waals surface area contributed by atoms with Crippen LogP contribution in [0.25, 0.3) is 0 Å². The Hall–Kier alpha value is -1.83. The lowest BCUT2D eigenvalue weighted by atomic mass is 9.85. The standard InChI is InChI=1S/C14H18F3N3O2/c1-2-5-20(6-7-21)13(22)9-3-4-11-10(8-9)12(19-18-11)14(15,16)17/h2,9,21H,1,3-8H2,(H,18,19). The summed E-state index contributed by atoms with van der Waals surface area (Å²) in [7, 11) is 0. The van der Waals surface area contributed by atoms with Gasteiger partial charge in [-0.25, -0.2) is 0 Å². The number of alkyl halides is 3. The van der Waals surface area contributed by atoms with Crippen LogP contribution in [0.3, 0.4) is 0 Å². The number of halogens is 3. The fraction of sp³-hybridized carbons (Fsp3) is 0.571. The van der Waals surface area contributed by atoms with Crippen LogP contribution in [0.15, 0.2) is 12.7 Å². The van der Waals surface area contributed by atoms with E-state index in [0.717, 1.165) is 0 Å². The predicted octanol–water partition coefficient (Wildman–Crippen LogP) is 1.54. The first-order chi connectivity index (χ1) is 10.4. The zero-order valence-electron chi connectivity index (χ0n) is 12.0. The highest BCUT2D eigenvalue weighted by molar-refractivity contribution is 5.79. The molecule has 0 aliphatic heterocycles. The number of aliphatic hydroxyl groups excluding tert-OH is 1. The number of hydrogen-bond donors (Lipinski definition) is 2. The molecule has 0 fully saturated rings. The molecule has 2 N–H and O–H groups in total. The van der Waals surface area contributed by atoms with Crippen LogP contribution in [-0.4, -0.2) is 45.8 Å². The van der Waals surface area contributed by atoms with Crippen molar-refractivity contribution < 1.29 is 23.1 Å². The van der Waals surface area contributed by atoms with Crippen LogP contribution in [0.4, 0.5) is 13.2 Å². The lowest BCUT2D eigenvalue weighted by Gasteiger charge is -2.28. The van der Waals surface area contributed by atoms with Gasteiger partial charge in [-0.05, 0) is 19.3 Å². The van der Waals surface area contributed by atoms with Gasteiger partial charge in [-0.1, -0.05) is 6.08 Å². The van der Waals surface area contributed by atoms with E-state index < -0.39 is 17.8 Å². The molecule has 1 unspecified atom stereocenters. The topological polar surface area (TPSA) is 69.2 Å². The summed E-state index contributed by atoms with van der Waals surface area (Å²) in [6, 6.07) is 0. The minimum absolute atomic E-state index is 0.0125. The Kier molecular flexibility index (Phi) is 4.90. The lowest BCUT2D eigenvalue weighted by Crippen LogP contribution is -2.40. The molecule has 1 heterocycles. The van der Waals surface area contributed by atoms with Gasteiger partial charge in [0.05, 0.1) is 6.61 Å². The SMILES string of the molecule is C=CCN(CCO)C(=O)C1CCc2[nH]nc(C(F)(F)F)c2C1. The van der Waals surface area contributed by atoms with Gasteiger partial charge in [0.2, 0.25) is 5.91 Å². The van der Waals surface area contributed by atoms with Crippen molar-refractivity contribution in [2.24, 2.45) is 5.92 Å². The van der Waals surface area contributed by atoms with Gasteiger partial charge in [0.25, 0.3) is 0 Å². The van der Waals surface area contributed by atoms with E-state index in [9.17, 15) is 18.0 Å². The van der Waals surface area contributed by atoms with Crippen molar-refractivity contribution in [2.75, 3.05) is 19.7 Å². The maximum Gasteiger partial charge on any atom is 0.435 e. The van der Waals surface area contributed by atoms with Gasteiger partial charge in [-0.3, -0.25) is 9.89 Å². The van der Waals surface area contributed by atoms with Gasteiger partial charge in [-0.2, -0.15) is 18.3 Å². The molecule has 1 aromatic rings. The molecule has 22 heavy (non-hydrogen) atoms. The quantitative estimate of drug-likeness (QED) is 0.810. The number of aromatic amines is 1. The molecule has 1 aliphatic rings. The van der Waals surface area contributed by atoms with Crippen LogP contribution in [0.5, 0.6) is 0 Å². The van der Waals surface area contributed by atoms with Crippen molar-refractivity contribution in [1.29, 1.82) is 0 Å². The van der Waals surface area contributed by atoms with Crippen LogP contribution in [-0.2, 0) is 23.8 Å². The number of aromatic nitrogens is 2. The molecular weight excluding hydrogens is 299 g/mol. The number of aliphatic hydroxyl groups is 1. The highest BCUT2D eigenvalue weighted by Crippen LogP contribution is 2.36. The fourth-order valence-corrected chi connectivity index (χ4v) is 2.77. The van der Waals surface area contributed by atoms with Crippen molar-refractivity contribution in [3.05, 3.63) is 29.6 Å². The predicted molar refractivity (Wildman–Crippen MR) is 73.0 cm³/mol. The average Bonchev–Trinajstić information content (AvgIpc) is 2.89. The second-order valence-electron chi connectivity index (χ2n) is 5.26. The molecule has 0 bridgehead atoms. The summed E-state index contributed by atoms with van der Waals surface area (Å²) in [5.74, 6) is -0.786. The van der Waals surface area contributed by atoms with Crippen LogP contribution in [0, 0.1) is 5.92 Å². The molecular formula is C14H18F3N3O2. The molecule has 1 aliphatic carbocycles.